The third-order valence-electron chi connectivity index (χ3n) is 13.5. The molecule has 10 heteroatoms. The number of nitrogens with zero attached hydrogens (tertiary/aromatic N) is 1. The van der Waals surface area contributed by atoms with Crippen LogP contribution in [0.4, 0.5) is 0 Å². The first-order chi connectivity index (χ1) is 40.4. The standard InChI is InChI=1S/C73H121N2O7P/c1-7-10-13-16-19-22-25-27-29-31-33-35-36-37-38-40-42-44-46-48-51-54-57-60-63-66-73(77)82-71(64-61-58-55-52-49-24-21-18-15-12-9-3)70(69-81-83(78,79)80-68-67-75(4,5)6)74-72(76)65-62-59-56-53-50-47-45-43-41-39-34-32-30-28-26-23-20-17-14-11-8-2/h10-11,13-14,19-20,22-23,27-30,33-35,37-39,42-45,50,53,61,64,70-71H,7-9,12,15-18,21,24-26,31-32,36,40-41,46-49,51-52,54-60,62-63,65-69H2,1-6H3,(H-,74,76,78,79)/b13-10-,14-11-,22-19-,23-20-,29-27-,30-28-,35-33-,38-37-,39-34-,44-42-,45-43-,53-50-,64-61+. The van der Waals surface area contributed by atoms with E-state index in [1.165, 1.54) is 44.9 Å². The van der Waals surface area contributed by atoms with Gasteiger partial charge in [-0.15, -0.1) is 0 Å². The summed E-state index contributed by atoms with van der Waals surface area (Å²) in [5, 5.41) is 3.00. The second-order valence-electron chi connectivity index (χ2n) is 22.5. The van der Waals surface area contributed by atoms with Crippen molar-refractivity contribution in [2.24, 2.45) is 0 Å². The van der Waals surface area contributed by atoms with Gasteiger partial charge in [-0.2, -0.15) is 0 Å². The van der Waals surface area contributed by atoms with Crippen molar-refractivity contribution in [3.8, 4) is 0 Å². The second kappa shape index (κ2) is 60.7. The minimum absolute atomic E-state index is 0.0431. The Morgan fingerprint density at radius 3 is 1.17 bits per heavy atom. The normalized spacial score (nSPS) is 14.6. The number of carbonyl (C=O) groups is 2. The van der Waals surface area contributed by atoms with Crippen LogP contribution >= 0.6 is 7.82 Å². The molecular weight excluding hydrogens is 1050 g/mol. The number of phosphoric acid groups is 1. The quantitative estimate of drug-likeness (QED) is 0.0212. The number of unbranched alkanes of at least 4 members (excludes halogenated alkanes) is 17. The maximum Gasteiger partial charge on any atom is 0.306 e. The zero-order valence-electron chi connectivity index (χ0n) is 53.6. The van der Waals surface area contributed by atoms with Gasteiger partial charge in [0.05, 0.1) is 33.8 Å². The monoisotopic (exact) mass is 1170 g/mol. The number of rotatable bonds is 57. The Hall–Kier alpha value is -4.37. The van der Waals surface area contributed by atoms with Crippen LogP contribution in [-0.2, 0) is 27.9 Å². The van der Waals surface area contributed by atoms with Gasteiger partial charge >= 0.3 is 5.97 Å². The molecule has 0 saturated heterocycles. The number of quaternary nitrogens is 1. The molecule has 0 heterocycles. The third-order valence-corrected chi connectivity index (χ3v) is 14.4. The van der Waals surface area contributed by atoms with Crippen LogP contribution in [0.25, 0.3) is 0 Å². The van der Waals surface area contributed by atoms with E-state index >= 15 is 0 Å². The summed E-state index contributed by atoms with van der Waals surface area (Å²) < 4.78 is 30.3. The number of nitrogens with one attached hydrogen (secondary N) is 1. The highest BCUT2D eigenvalue weighted by atomic mass is 31.2. The topological polar surface area (TPSA) is 114 Å². The smallest absolute Gasteiger partial charge is 0.306 e. The number of hydrogen-bond donors (Lipinski definition) is 1. The van der Waals surface area contributed by atoms with Gasteiger partial charge in [-0.1, -0.05) is 250 Å². The van der Waals surface area contributed by atoms with Gasteiger partial charge in [-0.25, -0.2) is 0 Å². The molecule has 0 aliphatic rings. The molecule has 1 N–H and O–H groups in total. The van der Waals surface area contributed by atoms with Gasteiger partial charge in [0.1, 0.15) is 19.3 Å². The fraction of sp³-hybridized carbons (Fsp3) is 0.616. The number of esters is 1. The number of amides is 1. The van der Waals surface area contributed by atoms with Crippen LogP contribution in [0.15, 0.2) is 158 Å². The summed E-state index contributed by atoms with van der Waals surface area (Å²) >= 11 is 0. The van der Waals surface area contributed by atoms with Gasteiger partial charge in [0.25, 0.3) is 7.82 Å². The molecule has 0 saturated carbocycles. The summed E-state index contributed by atoms with van der Waals surface area (Å²) in [5.41, 5.74) is 0. The Balaban J connectivity index is 5.26. The zero-order chi connectivity index (χ0) is 60.7. The lowest BCUT2D eigenvalue weighted by atomic mass is 10.1. The molecule has 1 amide bonds. The zero-order valence-corrected chi connectivity index (χ0v) is 54.5. The van der Waals surface area contributed by atoms with Crippen LogP contribution in [-0.4, -0.2) is 69.4 Å². The van der Waals surface area contributed by atoms with Crippen molar-refractivity contribution < 1.29 is 37.3 Å². The number of carbonyl (C=O) groups excluding carboxylic acids is 2. The lowest BCUT2D eigenvalue weighted by molar-refractivity contribution is -0.870. The van der Waals surface area contributed by atoms with E-state index in [0.29, 0.717) is 23.9 Å². The van der Waals surface area contributed by atoms with Crippen molar-refractivity contribution in [1.82, 2.24) is 5.32 Å². The molecule has 0 aromatic rings. The summed E-state index contributed by atoms with van der Waals surface area (Å²) in [4.78, 5) is 40.1. The maximum atomic E-state index is 13.5. The minimum Gasteiger partial charge on any atom is -0.756 e. The van der Waals surface area contributed by atoms with Gasteiger partial charge in [-0.3, -0.25) is 14.2 Å². The summed E-state index contributed by atoms with van der Waals surface area (Å²) in [6, 6.07) is -0.931. The second-order valence-corrected chi connectivity index (χ2v) is 23.9. The van der Waals surface area contributed by atoms with E-state index in [2.05, 4.69) is 172 Å². The van der Waals surface area contributed by atoms with Crippen LogP contribution < -0.4 is 10.2 Å². The number of hydrogen-bond acceptors (Lipinski definition) is 7. The van der Waals surface area contributed by atoms with Crippen molar-refractivity contribution in [1.29, 1.82) is 0 Å². The highest BCUT2D eigenvalue weighted by Gasteiger charge is 2.27. The molecule has 0 bridgehead atoms. The van der Waals surface area contributed by atoms with Crippen molar-refractivity contribution in [3.05, 3.63) is 158 Å². The average Bonchev–Trinajstić information content (AvgIpc) is 3.51. The lowest BCUT2D eigenvalue weighted by Gasteiger charge is -2.30. The molecule has 0 spiro atoms. The summed E-state index contributed by atoms with van der Waals surface area (Å²) in [6.07, 6.45) is 89.3. The first-order valence-electron chi connectivity index (χ1n) is 32.8. The fourth-order valence-corrected chi connectivity index (χ4v) is 9.19. The first kappa shape index (κ1) is 78.6. The summed E-state index contributed by atoms with van der Waals surface area (Å²) in [5.74, 6) is -0.622. The number of phosphoric ester groups is 1. The van der Waals surface area contributed by atoms with Crippen LogP contribution in [0, 0.1) is 0 Å². The molecule has 0 aromatic heterocycles. The van der Waals surface area contributed by atoms with E-state index < -0.39 is 26.6 Å². The van der Waals surface area contributed by atoms with Gasteiger partial charge in [0, 0.05) is 12.8 Å². The van der Waals surface area contributed by atoms with E-state index in [4.69, 9.17) is 13.8 Å². The molecule has 470 valence electrons. The number of allylic oxidation sites excluding steroid dienone is 25. The van der Waals surface area contributed by atoms with E-state index in [-0.39, 0.29) is 31.3 Å². The van der Waals surface area contributed by atoms with Crippen LogP contribution in [0.5, 0.6) is 0 Å². The van der Waals surface area contributed by atoms with Crippen LogP contribution in [0.2, 0.25) is 0 Å². The van der Waals surface area contributed by atoms with Crippen LogP contribution in [0.1, 0.15) is 239 Å². The van der Waals surface area contributed by atoms with E-state index in [0.717, 1.165) is 148 Å². The molecule has 9 nitrogen and oxygen atoms in total. The van der Waals surface area contributed by atoms with E-state index in [1.54, 1.807) is 0 Å². The predicted octanol–water partition coefficient (Wildman–Crippen LogP) is 20.1. The average molecular weight is 1170 g/mol. The molecule has 0 rings (SSSR count). The maximum absolute atomic E-state index is 13.5. The SMILES string of the molecule is CC/C=C\C/C=C\C/C=C\C/C=C\C/C=C\C/C=C\CCCCCCCCC(=O)OC(/C=C/CCCCCCCCCCC)C(COP(=O)([O-])OCC[N+](C)(C)C)NC(=O)CCCC/C=C\C/C=C\C/C=C\C/C=C\C/C=C\C/C=C\CC. The molecule has 0 aromatic carbocycles. The Kier molecular flexibility index (Phi) is 57.5. The molecule has 3 unspecified atom stereocenters. The van der Waals surface area contributed by atoms with E-state index in [9.17, 15) is 19.0 Å². The Bertz CT molecular complexity index is 1980. The fourth-order valence-electron chi connectivity index (χ4n) is 8.47. The van der Waals surface area contributed by atoms with Crippen LogP contribution in [0.3, 0.4) is 0 Å². The molecule has 0 aliphatic heterocycles. The third kappa shape index (κ3) is 62.0. The number of ether oxygens (including phenoxy) is 1. The van der Waals surface area contributed by atoms with Gasteiger partial charge in [0.2, 0.25) is 5.91 Å². The van der Waals surface area contributed by atoms with E-state index in [1.807, 2.05) is 33.3 Å². The Labute approximate surface area is 510 Å². The molecule has 83 heavy (non-hydrogen) atoms. The van der Waals surface area contributed by atoms with Gasteiger partial charge < -0.3 is 28.5 Å². The Morgan fingerprint density at radius 1 is 0.434 bits per heavy atom. The number of likely N-dealkylation sites (N-methyl/N-ethyl adjacent to an activating group) is 1. The Morgan fingerprint density at radius 2 is 0.771 bits per heavy atom. The minimum atomic E-state index is -4.73. The van der Waals surface area contributed by atoms with Crippen molar-refractivity contribution in [2.45, 2.75) is 251 Å². The summed E-state index contributed by atoms with van der Waals surface area (Å²) in [6.45, 7) is 6.54. The molecular formula is C73H121N2O7P. The first-order valence-corrected chi connectivity index (χ1v) is 34.3. The van der Waals surface area contributed by atoms with Crippen molar-refractivity contribution in [3.63, 3.8) is 0 Å². The predicted molar refractivity (Wildman–Crippen MR) is 357 cm³/mol. The summed E-state index contributed by atoms with van der Waals surface area (Å²) in [7, 11) is 1.12. The van der Waals surface area contributed by atoms with Gasteiger partial charge in [0.15, 0.2) is 0 Å². The van der Waals surface area contributed by atoms with Crippen molar-refractivity contribution in [2.75, 3.05) is 40.9 Å². The molecule has 0 radical (unpaired) electrons. The van der Waals surface area contributed by atoms with Crippen molar-refractivity contribution >= 4 is 19.7 Å². The van der Waals surface area contributed by atoms with Gasteiger partial charge in [-0.05, 0) is 134 Å². The highest BCUT2D eigenvalue weighted by molar-refractivity contribution is 7.45. The molecule has 0 fully saturated rings. The largest absolute Gasteiger partial charge is 0.756 e. The highest BCUT2D eigenvalue weighted by Crippen LogP contribution is 2.38. The molecule has 0 aliphatic carbocycles. The molecule has 3 atom stereocenters. The lowest BCUT2D eigenvalue weighted by Crippen LogP contribution is -2.47.